The molecule has 0 saturated carbocycles. The number of rotatable bonds is 5. The number of hydrogen-bond donors (Lipinski definition) is 1. The van der Waals surface area contributed by atoms with E-state index < -0.39 is 0 Å². The minimum Gasteiger partial charge on any atom is -0.350 e. The first-order valence-electron chi connectivity index (χ1n) is 6.45. The number of hydrogen-bond acceptors (Lipinski definition) is 5. The van der Waals surface area contributed by atoms with E-state index in [0.717, 1.165) is 22.0 Å². The van der Waals surface area contributed by atoms with Gasteiger partial charge in [-0.25, -0.2) is 4.98 Å². The smallest absolute Gasteiger partial charge is 0.226 e. The molecule has 0 spiro atoms. The Morgan fingerprint density at radius 1 is 1.19 bits per heavy atom. The van der Waals surface area contributed by atoms with E-state index >= 15 is 0 Å². The lowest BCUT2D eigenvalue weighted by Crippen LogP contribution is -2.25. The highest BCUT2D eigenvalue weighted by molar-refractivity contribution is 7.14. The number of thiazole rings is 1. The van der Waals surface area contributed by atoms with Crippen LogP contribution in [0.15, 0.2) is 46.6 Å². The third kappa shape index (κ3) is 3.74. The second-order valence-electron chi connectivity index (χ2n) is 4.43. The predicted octanol–water partition coefficient (Wildman–Crippen LogP) is 3.13. The SMILES string of the molecule is O=C(Cc1csc(-c2ccsc2)n1)NCc1ccccn1. The first kappa shape index (κ1) is 13.9. The highest BCUT2D eigenvalue weighted by Crippen LogP contribution is 2.25. The molecule has 0 saturated heterocycles. The fourth-order valence-electron chi connectivity index (χ4n) is 1.83. The van der Waals surface area contributed by atoms with Crippen molar-refractivity contribution in [3.63, 3.8) is 0 Å². The van der Waals surface area contributed by atoms with Crippen molar-refractivity contribution >= 4 is 28.6 Å². The lowest BCUT2D eigenvalue weighted by molar-refractivity contribution is -0.120. The fraction of sp³-hybridized carbons (Fsp3) is 0.133. The number of nitrogens with one attached hydrogen (secondary N) is 1. The summed E-state index contributed by atoms with van der Waals surface area (Å²) >= 11 is 3.21. The van der Waals surface area contributed by atoms with E-state index in [-0.39, 0.29) is 5.91 Å². The molecule has 21 heavy (non-hydrogen) atoms. The molecule has 3 aromatic rings. The Labute approximate surface area is 130 Å². The fourth-order valence-corrected chi connectivity index (χ4v) is 3.36. The molecule has 1 N–H and O–H groups in total. The van der Waals surface area contributed by atoms with E-state index in [1.807, 2.05) is 35.0 Å². The molecule has 0 aliphatic heterocycles. The van der Waals surface area contributed by atoms with Crippen molar-refractivity contribution in [2.24, 2.45) is 0 Å². The number of carbonyl (C=O) groups excluding carboxylic acids is 1. The summed E-state index contributed by atoms with van der Waals surface area (Å²) in [5, 5.41) is 9.84. The molecule has 0 aromatic carbocycles. The number of amides is 1. The summed E-state index contributed by atoms with van der Waals surface area (Å²) in [6.45, 7) is 0.446. The maximum atomic E-state index is 11.9. The van der Waals surface area contributed by atoms with Crippen LogP contribution in [-0.4, -0.2) is 15.9 Å². The van der Waals surface area contributed by atoms with E-state index in [1.54, 1.807) is 28.9 Å². The summed E-state index contributed by atoms with van der Waals surface area (Å²) < 4.78 is 0. The van der Waals surface area contributed by atoms with Crippen molar-refractivity contribution in [3.8, 4) is 10.6 Å². The zero-order valence-electron chi connectivity index (χ0n) is 11.2. The van der Waals surface area contributed by atoms with Gasteiger partial charge in [-0.15, -0.1) is 11.3 Å². The van der Waals surface area contributed by atoms with Crippen molar-refractivity contribution in [2.45, 2.75) is 13.0 Å². The molecular formula is C15H13N3OS2. The quantitative estimate of drug-likeness (QED) is 0.787. The number of thiophene rings is 1. The van der Waals surface area contributed by atoms with Gasteiger partial charge in [-0.2, -0.15) is 11.3 Å². The molecule has 0 bridgehead atoms. The van der Waals surface area contributed by atoms with E-state index in [1.165, 1.54) is 0 Å². The van der Waals surface area contributed by atoms with Gasteiger partial charge >= 0.3 is 0 Å². The second kappa shape index (κ2) is 6.60. The molecule has 3 aromatic heterocycles. The molecule has 6 heteroatoms. The average Bonchev–Trinajstić information content (AvgIpc) is 3.17. The first-order chi connectivity index (χ1) is 10.3. The summed E-state index contributed by atoms with van der Waals surface area (Å²) in [5.41, 5.74) is 2.77. The van der Waals surface area contributed by atoms with Crippen molar-refractivity contribution in [2.75, 3.05) is 0 Å². The van der Waals surface area contributed by atoms with Gasteiger partial charge in [-0.05, 0) is 23.6 Å². The number of pyridine rings is 1. The van der Waals surface area contributed by atoms with Crippen LogP contribution in [0.5, 0.6) is 0 Å². The molecule has 1 amide bonds. The molecule has 0 aliphatic rings. The van der Waals surface area contributed by atoms with Crippen LogP contribution < -0.4 is 5.32 Å². The van der Waals surface area contributed by atoms with Gasteiger partial charge in [0.05, 0.1) is 24.4 Å². The average molecular weight is 315 g/mol. The molecule has 106 valence electrons. The molecule has 3 rings (SSSR count). The van der Waals surface area contributed by atoms with Gasteiger partial charge in [0, 0.05) is 22.5 Å². The van der Waals surface area contributed by atoms with E-state index in [0.29, 0.717) is 13.0 Å². The summed E-state index contributed by atoms with van der Waals surface area (Å²) in [7, 11) is 0. The highest BCUT2D eigenvalue weighted by Gasteiger charge is 2.09. The summed E-state index contributed by atoms with van der Waals surface area (Å²) in [6, 6.07) is 7.68. The largest absolute Gasteiger partial charge is 0.350 e. The summed E-state index contributed by atoms with van der Waals surface area (Å²) in [5.74, 6) is -0.0391. The summed E-state index contributed by atoms with van der Waals surface area (Å²) in [4.78, 5) is 20.6. The lowest BCUT2D eigenvalue weighted by Gasteiger charge is -2.03. The lowest BCUT2D eigenvalue weighted by atomic mass is 10.3. The Hall–Kier alpha value is -2.05. The molecule has 0 fully saturated rings. The Bertz CT molecular complexity index is 708. The van der Waals surface area contributed by atoms with Crippen LogP contribution >= 0.6 is 22.7 Å². The number of carbonyl (C=O) groups is 1. The van der Waals surface area contributed by atoms with E-state index in [9.17, 15) is 4.79 Å². The Morgan fingerprint density at radius 3 is 2.90 bits per heavy atom. The normalized spacial score (nSPS) is 10.5. The standard InChI is InChI=1S/C15H13N3OS2/c19-14(17-8-12-3-1-2-5-16-12)7-13-10-21-15(18-13)11-4-6-20-9-11/h1-6,9-10H,7-8H2,(H,17,19). The molecule has 0 atom stereocenters. The molecule has 0 aliphatic carbocycles. The van der Waals surface area contributed by atoms with Gasteiger partial charge < -0.3 is 5.32 Å². The van der Waals surface area contributed by atoms with Crippen LogP contribution in [0.1, 0.15) is 11.4 Å². The van der Waals surface area contributed by atoms with Crippen molar-refractivity contribution in [3.05, 3.63) is 58.0 Å². The molecular weight excluding hydrogens is 302 g/mol. The van der Waals surface area contributed by atoms with Gasteiger partial charge in [0.25, 0.3) is 0 Å². The maximum Gasteiger partial charge on any atom is 0.226 e. The van der Waals surface area contributed by atoms with E-state index in [4.69, 9.17) is 0 Å². The van der Waals surface area contributed by atoms with Crippen molar-refractivity contribution in [1.82, 2.24) is 15.3 Å². The monoisotopic (exact) mass is 315 g/mol. The number of nitrogens with zero attached hydrogens (tertiary/aromatic N) is 2. The minimum atomic E-state index is -0.0391. The van der Waals surface area contributed by atoms with Crippen LogP contribution in [0, 0.1) is 0 Å². The first-order valence-corrected chi connectivity index (χ1v) is 8.27. The second-order valence-corrected chi connectivity index (χ2v) is 6.07. The van der Waals surface area contributed by atoms with Crippen LogP contribution in [0.2, 0.25) is 0 Å². The van der Waals surface area contributed by atoms with Crippen molar-refractivity contribution in [1.29, 1.82) is 0 Å². The van der Waals surface area contributed by atoms with Gasteiger partial charge in [-0.3, -0.25) is 9.78 Å². The van der Waals surface area contributed by atoms with Crippen LogP contribution in [0.4, 0.5) is 0 Å². The van der Waals surface area contributed by atoms with Gasteiger partial charge in [0.15, 0.2) is 0 Å². The van der Waals surface area contributed by atoms with Crippen LogP contribution in [0.3, 0.4) is 0 Å². The Morgan fingerprint density at radius 2 is 2.14 bits per heavy atom. The van der Waals surface area contributed by atoms with Gasteiger partial charge in [0.2, 0.25) is 5.91 Å². The predicted molar refractivity (Wildman–Crippen MR) is 85.2 cm³/mol. The third-order valence-corrected chi connectivity index (χ3v) is 4.48. The Kier molecular flexibility index (Phi) is 4.37. The third-order valence-electron chi connectivity index (χ3n) is 2.85. The summed E-state index contributed by atoms with van der Waals surface area (Å²) in [6.07, 6.45) is 2.02. The van der Waals surface area contributed by atoms with Gasteiger partial charge in [-0.1, -0.05) is 6.07 Å². The zero-order valence-corrected chi connectivity index (χ0v) is 12.8. The highest BCUT2D eigenvalue weighted by atomic mass is 32.1. The van der Waals surface area contributed by atoms with Crippen LogP contribution in [-0.2, 0) is 17.8 Å². The molecule has 0 unspecified atom stereocenters. The van der Waals surface area contributed by atoms with Crippen molar-refractivity contribution < 1.29 is 4.79 Å². The molecule has 0 radical (unpaired) electrons. The van der Waals surface area contributed by atoms with Crippen LogP contribution in [0.25, 0.3) is 10.6 Å². The Balaban J connectivity index is 1.55. The molecule has 4 nitrogen and oxygen atoms in total. The maximum absolute atomic E-state index is 11.9. The zero-order chi connectivity index (χ0) is 14.5. The molecule has 3 heterocycles. The minimum absolute atomic E-state index is 0.0391. The van der Waals surface area contributed by atoms with Gasteiger partial charge in [0.1, 0.15) is 5.01 Å². The number of aromatic nitrogens is 2. The topological polar surface area (TPSA) is 54.9 Å². The van der Waals surface area contributed by atoms with E-state index in [2.05, 4.69) is 20.7 Å².